The molecule has 1 fully saturated rings. The third kappa shape index (κ3) is 1.81. The van der Waals surface area contributed by atoms with Gasteiger partial charge in [0, 0.05) is 0 Å². The standard InChI is InChI=1S/C5H9O.H2N.Zn/c1-2-4-6-5-3-1;;/h4H,1-3,5H2;1H2;/q;-1;+1. The first kappa shape index (κ1) is 6.66. The molecule has 2 N–H and O–H groups in total. The SMILES string of the molecule is [NH2][Zn][CH]1CCCCO1. The third-order valence-corrected chi connectivity index (χ3v) is 3.99. The van der Waals surface area contributed by atoms with Crippen molar-refractivity contribution in [3.05, 3.63) is 0 Å². The van der Waals surface area contributed by atoms with Gasteiger partial charge in [-0.2, -0.15) is 0 Å². The summed E-state index contributed by atoms with van der Waals surface area (Å²) in [6.07, 6.45) is 3.84. The van der Waals surface area contributed by atoms with Crippen molar-refractivity contribution >= 4 is 0 Å². The average molecular weight is 167 g/mol. The first-order valence-electron chi connectivity index (χ1n) is 3.25. The third-order valence-electron chi connectivity index (χ3n) is 1.54. The van der Waals surface area contributed by atoms with E-state index in [2.05, 4.69) is 0 Å². The van der Waals surface area contributed by atoms with Gasteiger partial charge in [-0.25, -0.2) is 0 Å². The summed E-state index contributed by atoms with van der Waals surface area (Å²) >= 11 is -0.721. The van der Waals surface area contributed by atoms with Crippen LogP contribution in [0, 0.1) is 0 Å². The fourth-order valence-corrected chi connectivity index (χ4v) is 2.73. The van der Waals surface area contributed by atoms with Gasteiger partial charge < -0.3 is 0 Å². The molecule has 1 saturated heterocycles. The first-order chi connectivity index (χ1) is 3.93. The fourth-order valence-electron chi connectivity index (χ4n) is 0.993. The van der Waals surface area contributed by atoms with Crippen molar-refractivity contribution in [1.29, 1.82) is 0 Å². The molecule has 1 rings (SSSR count). The molecule has 0 amide bonds. The molecule has 44 valence electrons. The zero-order valence-corrected chi connectivity index (χ0v) is 8.07. The predicted molar refractivity (Wildman–Crippen MR) is 27.8 cm³/mol. The van der Waals surface area contributed by atoms with Crippen LogP contribution < -0.4 is 4.48 Å². The second-order valence-corrected chi connectivity index (χ2v) is 5.12. The molecule has 8 heavy (non-hydrogen) atoms. The van der Waals surface area contributed by atoms with E-state index in [0.29, 0.717) is 4.70 Å². The van der Waals surface area contributed by atoms with Gasteiger partial charge in [-0.3, -0.25) is 0 Å². The molecular weight excluding hydrogens is 155 g/mol. The zero-order valence-electron chi connectivity index (χ0n) is 5.10. The van der Waals surface area contributed by atoms with Crippen LogP contribution in [-0.2, 0) is 22.1 Å². The van der Waals surface area contributed by atoms with Gasteiger partial charge in [0.05, 0.1) is 0 Å². The number of hydrogen-bond acceptors (Lipinski definition) is 2. The topological polar surface area (TPSA) is 35.2 Å². The van der Waals surface area contributed by atoms with E-state index in [1.807, 2.05) is 0 Å². The monoisotopic (exact) mass is 165 g/mol. The molecule has 0 aromatic carbocycles. The van der Waals surface area contributed by atoms with Crippen LogP contribution in [0.1, 0.15) is 19.3 Å². The van der Waals surface area contributed by atoms with Crippen molar-refractivity contribution in [3.63, 3.8) is 0 Å². The van der Waals surface area contributed by atoms with Crippen LogP contribution in [0.4, 0.5) is 0 Å². The minimum atomic E-state index is -0.721. The van der Waals surface area contributed by atoms with E-state index in [0.717, 1.165) is 6.61 Å². The van der Waals surface area contributed by atoms with Gasteiger partial charge in [-0.05, 0) is 0 Å². The molecule has 1 aliphatic rings. The Labute approximate surface area is 57.6 Å². The van der Waals surface area contributed by atoms with Gasteiger partial charge in [0.25, 0.3) is 0 Å². The van der Waals surface area contributed by atoms with Crippen LogP contribution in [0.25, 0.3) is 0 Å². The van der Waals surface area contributed by atoms with Gasteiger partial charge in [0.1, 0.15) is 0 Å². The molecule has 1 atom stereocenters. The fraction of sp³-hybridized carbons (Fsp3) is 1.00. The van der Waals surface area contributed by atoms with Crippen LogP contribution in [0.5, 0.6) is 0 Å². The summed E-state index contributed by atoms with van der Waals surface area (Å²) in [5, 5.41) is 0. The molecule has 0 spiro atoms. The second-order valence-electron chi connectivity index (χ2n) is 2.22. The van der Waals surface area contributed by atoms with Gasteiger partial charge in [-0.1, -0.05) is 0 Å². The van der Waals surface area contributed by atoms with Crippen molar-refractivity contribution in [2.24, 2.45) is 4.48 Å². The molecule has 3 heteroatoms. The molecule has 1 aliphatic heterocycles. The summed E-state index contributed by atoms with van der Waals surface area (Å²) in [4.78, 5) is 0. The number of nitrogens with two attached hydrogens (primary N) is 1. The van der Waals surface area contributed by atoms with Crippen molar-refractivity contribution < 1.29 is 22.1 Å². The minimum absolute atomic E-state index is 0.552. The van der Waals surface area contributed by atoms with E-state index in [4.69, 9.17) is 9.21 Å². The normalized spacial score (nSPS) is 29.4. The van der Waals surface area contributed by atoms with Gasteiger partial charge in [0.15, 0.2) is 0 Å². The van der Waals surface area contributed by atoms with Gasteiger partial charge >= 0.3 is 57.1 Å². The molecule has 0 radical (unpaired) electrons. The number of ether oxygens (including phenoxy) is 1. The first-order valence-corrected chi connectivity index (χ1v) is 6.68. The maximum atomic E-state index is 5.57. The van der Waals surface area contributed by atoms with E-state index >= 15 is 0 Å². The summed E-state index contributed by atoms with van der Waals surface area (Å²) in [5.74, 6) is 0. The Morgan fingerprint density at radius 1 is 1.50 bits per heavy atom. The Hall–Kier alpha value is 0.543. The van der Waals surface area contributed by atoms with E-state index < -0.39 is 17.4 Å². The molecule has 0 aliphatic carbocycles. The quantitative estimate of drug-likeness (QED) is 0.575. The number of rotatable bonds is 1. The van der Waals surface area contributed by atoms with E-state index in [-0.39, 0.29) is 0 Å². The molecule has 2 nitrogen and oxygen atoms in total. The van der Waals surface area contributed by atoms with Crippen molar-refractivity contribution in [3.8, 4) is 0 Å². The molecule has 0 bridgehead atoms. The average Bonchev–Trinajstić information content (AvgIpc) is 1.90. The van der Waals surface area contributed by atoms with Crippen LogP contribution in [-0.4, -0.2) is 11.3 Å². The van der Waals surface area contributed by atoms with Crippen LogP contribution in [0.3, 0.4) is 0 Å². The molecule has 1 heterocycles. The Balaban J connectivity index is 2.13. The Kier molecular flexibility index (Phi) is 2.95. The number of hydrogen-bond donors (Lipinski definition) is 1. The summed E-state index contributed by atoms with van der Waals surface area (Å²) in [6.45, 7) is 0.965. The Bertz CT molecular complexity index is 63.4. The summed E-state index contributed by atoms with van der Waals surface area (Å²) in [5.41, 5.74) is 0. The van der Waals surface area contributed by atoms with Crippen molar-refractivity contribution in [2.45, 2.75) is 24.0 Å². The summed E-state index contributed by atoms with van der Waals surface area (Å²) < 4.78 is 11.5. The van der Waals surface area contributed by atoms with Crippen molar-refractivity contribution in [1.82, 2.24) is 0 Å². The zero-order chi connectivity index (χ0) is 5.82. The molecule has 0 saturated carbocycles. The Morgan fingerprint density at radius 3 is 2.75 bits per heavy atom. The van der Waals surface area contributed by atoms with Crippen LogP contribution in [0.15, 0.2) is 0 Å². The molecule has 1 unspecified atom stereocenters. The van der Waals surface area contributed by atoms with Crippen LogP contribution >= 0.6 is 0 Å². The van der Waals surface area contributed by atoms with Gasteiger partial charge in [-0.15, -0.1) is 0 Å². The molecule has 0 aromatic heterocycles. The predicted octanol–water partition coefficient (Wildman–Crippen LogP) is 0.469. The van der Waals surface area contributed by atoms with Gasteiger partial charge in [0.2, 0.25) is 0 Å². The molecular formula is C5H11NOZn. The van der Waals surface area contributed by atoms with E-state index in [1.54, 1.807) is 0 Å². The summed E-state index contributed by atoms with van der Waals surface area (Å²) in [7, 11) is 0. The summed E-state index contributed by atoms with van der Waals surface area (Å²) in [6, 6.07) is 0. The maximum absolute atomic E-state index is 5.57. The van der Waals surface area contributed by atoms with E-state index in [1.165, 1.54) is 19.3 Å². The molecule has 0 aromatic rings. The Morgan fingerprint density at radius 2 is 2.38 bits per heavy atom. The van der Waals surface area contributed by atoms with Crippen LogP contribution in [0.2, 0.25) is 0 Å². The second kappa shape index (κ2) is 3.55. The van der Waals surface area contributed by atoms with Crippen molar-refractivity contribution in [2.75, 3.05) is 6.61 Å². The van der Waals surface area contributed by atoms with E-state index in [9.17, 15) is 0 Å².